The van der Waals surface area contributed by atoms with Crippen LogP contribution in [0.5, 0.6) is 17.2 Å². The van der Waals surface area contributed by atoms with Crippen LogP contribution < -0.4 is 14.2 Å². The van der Waals surface area contributed by atoms with E-state index in [-0.39, 0.29) is 0 Å². The first kappa shape index (κ1) is 34.0. The van der Waals surface area contributed by atoms with Gasteiger partial charge in [-0.3, -0.25) is 0 Å². The fraction of sp³-hybridized carbons (Fsp3) is 0.333. The lowest BCUT2D eigenvalue weighted by Gasteiger charge is -2.22. The number of aromatic amines is 2. The molecule has 49 heavy (non-hydrogen) atoms. The predicted octanol–water partition coefficient (Wildman–Crippen LogP) is 7.88. The molecule has 0 aliphatic carbocycles. The Hall–Kier alpha value is -4.90. The molecule has 2 aliphatic heterocycles. The summed E-state index contributed by atoms with van der Waals surface area (Å²) in [4.78, 5) is 17.1. The fourth-order valence-electron chi connectivity index (χ4n) is 5.70. The third kappa shape index (κ3) is 8.40. The summed E-state index contributed by atoms with van der Waals surface area (Å²) in [6.45, 7) is 12.0. The molecule has 0 amide bonds. The monoisotopic (exact) mass is 664 g/mol. The van der Waals surface area contributed by atoms with Crippen molar-refractivity contribution in [1.29, 1.82) is 0 Å². The Labute approximate surface area is 286 Å². The maximum Gasteiger partial charge on any atom is 0.169 e. The van der Waals surface area contributed by atoms with Gasteiger partial charge in [0, 0.05) is 58.6 Å². The maximum atomic E-state index is 6.56. The molecule has 0 unspecified atom stereocenters. The quantitative estimate of drug-likeness (QED) is 0.101. The molecule has 1 aromatic carbocycles. The second-order valence-electron chi connectivity index (χ2n) is 11.4. The van der Waals surface area contributed by atoms with Crippen LogP contribution in [0.3, 0.4) is 0 Å². The summed E-state index contributed by atoms with van der Waals surface area (Å²) in [5.41, 5.74) is 9.30. The molecule has 0 saturated heterocycles. The molecular weight excluding hydrogens is 620 g/mol. The Bertz CT molecular complexity index is 1880. The van der Waals surface area contributed by atoms with Crippen LogP contribution in [0.25, 0.3) is 57.5 Å². The molecule has 0 atom stereocenters. The van der Waals surface area contributed by atoms with E-state index in [2.05, 4.69) is 28.2 Å². The molecule has 0 spiro atoms. The summed E-state index contributed by atoms with van der Waals surface area (Å²) in [5, 5.41) is 0. The van der Waals surface area contributed by atoms with Gasteiger partial charge >= 0.3 is 0 Å². The first-order valence-corrected chi connectivity index (χ1v) is 16.9. The topological polar surface area (TPSA) is 113 Å². The molecule has 0 fully saturated rings. The molecule has 3 aromatic heterocycles. The van der Waals surface area contributed by atoms with Crippen molar-refractivity contribution in [3.63, 3.8) is 0 Å². The van der Waals surface area contributed by atoms with Gasteiger partial charge in [-0.1, -0.05) is 0 Å². The number of benzene rings is 1. The second kappa shape index (κ2) is 16.5. The van der Waals surface area contributed by atoms with Crippen molar-refractivity contribution >= 4 is 46.4 Å². The van der Waals surface area contributed by atoms with Crippen molar-refractivity contribution < 1.29 is 28.4 Å². The van der Waals surface area contributed by atoms with Gasteiger partial charge in [0.2, 0.25) is 0 Å². The average molecular weight is 665 g/mol. The zero-order valence-electron chi connectivity index (χ0n) is 28.6. The van der Waals surface area contributed by atoms with E-state index in [1.165, 1.54) is 0 Å². The van der Waals surface area contributed by atoms with Crippen LogP contribution in [0, 0.1) is 6.92 Å². The normalized spacial score (nSPS) is 12.1. The minimum atomic E-state index is 0.322. The van der Waals surface area contributed by atoms with E-state index >= 15 is 0 Å². The highest BCUT2D eigenvalue weighted by Crippen LogP contribution is 2.47. The number of fused-ring (bicyclic) bond motifs is 8. The van der Waals surface area contributed by atoms with Crippen LogP contribution >= 0.6 is 0 Å². The molecule has 0 saturated carbocycles. The molecule has 5 heterocycles. The van der Waals surface area contributed by atoms with Gasteiger partial charge < -0.3 is 38.4 Å². The molecule has 2 aliphatic rings. The van der Waals surface area contributed by atoms with Crippen LogP contribution in [0.4, 0.5) is 0 Å². The van der Waals surface area contributed by atoms with E-state index < -0.39 is 0 Å². The van der Waals surface area contributed by atoms with Gasteiger partial charge in [-0.25, -0.2) is 9.97 Å². The third-order valence-electron chi connectivity index (χ3n) is 7.97. The summed E-state index contributed by atoms with van der Waals surface area (Å²) < 4.78 is 36.2. The Kier molecular flexibility index (Phi) is 11.4. The smallest absolute Gasteiger partial charge is 0.169 e. The number of hydrogen-bond acceptors (Lipinski definition) is 8. The molecule has 4 aromatic rings. The Balaban J connectivity index is 1.61. The highest BCUT2D eigenvalue weighted by Gasteiger charge is 2.25. The lowest BCUT2D eigenvalue weighted by atomic mass is 9.98. The summed E-state index contributed by atoms with van der Waals surface area (Å²) in [5.74, 6) is 1.80. The van der Waals surface area contributed by atoms with Crippen molar-refractivity contribution in [1.82, 2.24) is 19.9 Å². The lowest BCUT2D eigenvalue weighted by Crippen LogP contribution is -2.13. The lowest BCUT2D eigenvalue weighted by molar-refractivity contribution is 0.0988. The van der Waals surface area contributed by atoms with Crippen LogP contribution in [-0.4, -0.2) is 79.4 Å². The highest BCUT2D eigenvalue weighted by atomic mass is 16.6. The highest BCUT2D eigenvalue weighted by molar-refractivity contribution is 5.92. The van der Waals surface area contributed by atoms with E-state index in [4.69, 9.17) is 38.4 Å². The van der Waals surface area contributed by atoms with Crippen molar-refractivity contribution in [3.05, 3.63) is 76.9 Å². The molecule has 10 nitrogen and oxygen atoms in total. The minimum Gasteiger partial charge on any atom is -0.491 e. The number of rotatable bonds is 16. The summed E-state index contributed by atoms with van der Waals surface area (Å²) in [7, 11) is 0. The van der Waals surface area contributed by atoms with Crippen LogP contribution in [-0.2, 0) is 14.2 Å². The number of H-pyrrole nitrogens is 2. The standard InChI is InChI=1S/C39H44N4O6/c1-5-44-16-19-47-36-25-33(39(49-21-18-46-7-3)38(26(36)4)48-20-17-45-6-2)37-34-14-12-31(42-34)23-29-10-8-27(40-29)22-28-9-11-30(41-28)24-32-13-15-35(37)43-32/h8-15,22-25,40-41H,5-7,16-21H2,1-4H3. The fourth-order valence-corrected chi connectivity index (χ4v) is 5.70. The first-order valence-electron chi connectivity index (χ1n) is 16.9. The molecule has 0 radical (unpaired) electrons. The first-order chi connectivity index (χ1) is 24.1. The van der Waals surface area contributed by atoms with Crippen LogP contribution in [0.1, 0.15) is 49.1 Å². The zero-order valence-corrected chi connectivity index (χ0v) is 28.6. The summed E-state index contributed by atoms with van der Waals surface area (Å²) >= 11 is 0. The maximum absolute atomic E-state index is 6.56. The molecule has 2 N–H and O–H groups in total. The molecular formula is C39H44N4O6. The van der Waals surface area contributed by atoms with Gasteiger partial charge in [0.1, 0.15) is 25.6 Å². The molecule has 10 heteroatoms. The van der Waals surface area contributed by atoms with Crippen LogP contribution in [0.15, 0.2) is 48.5 Å². The Morgan fingerprint density at radius 3 is 1.51 bits per heavy atom. The molecule has 6 rings (SSSR count). The number of ether oxygens (including phenoxy) is 6. The van der Waals surface area contributed by atoms with Gasteiger partial charge in [-0.15, -0.1) is 0 Å². The predicted molar refractivity (Wildman–Crippen MR) is 195 cm³/mol. The van der Waals surface area contributed by atoms with Gasteiger partial charge in [0.05, 0.1) is 42.6 Å². The number of hydrogen-bond donors (Lipinski definition) is 2. The summed E-state index contributed by atoms with van der Waals surface area (Å²) in [6, 6.07) is 16.3. The second-order valence-corrected chi connectivity index (χ2v) is 11.4. The van der Waals surface area contributed by atoms with E-state index in [0.717, 1.165) is 61.5 Å². The van der Waals surface area contributed by atoms with Gasteiger partial charge in [0.15, 0.2) is 11.5 Å². The van der Waals surface area contributed by atoms with Crippen LogP contribution in [0.2, 0.25) is 0 Å². The van der Waals surface area contributed by atoms with Crippen molar-refractivity contribution in [2.24, 2.45) is 0 Å². The zero-order chi connectivity index (χ0) is 34.0. The minimum absolute atomic E-state index is 0.322. The number of nitrogens with one attached hydrogen (secondary N) is 2. The van der Waals surface area contributed by atoms with Gasteiger partial charge in [-0.2, -0.15) is 0 Å². The van der Waals surface area contributed by atoms with Crippen molar-refractivity contribution in [2.75, 3.05) is 59.5 Å². The summed E-state index contributed by atoms with van der Waals surface area (Å²) in [6.07, 6.45) is 8.04. The van der Waals surface area contributed by atoms with Gasteiger partial charge in [0.25, 0.3) is 0 Å². The molecule has 8 bridgehead atoms. The van der Waals surface area contributed by atoms with E-state index in [9.17, 15) is 0 Å². The number of nitrogens with zero attached hydrogens (tertiary/aromatic N) is 2. The SMILES string of the molecule is CCOCCOc1cc(-c2c3nc(cc4ccc(cc5ccc(cc6nc2C=C6)[nH]5)[nH]4)C=C3)c(OCCOCC)c(OCCOCC)c1C. The van der Waals surface area contributed by atoms with Crippen molar-refractivity contribution in [2.45, 2.75) is 27.7 Å². The largest absolute Gasteiger partial charge is 0.491 e. The average Bonchev–Trinajstić information content (AvgIpc) is 3.93. The van der Waals surface area contributed by atoms with E-state index in [1.807, 2.05) is 82.3 Å². The van der Waals surface area contributed by atoms with E-state index in [1.54, 1.807) is 0 Å². The number of aromatic nitrogens is 4. The third-order valence-corrected chi connectivity index (χ3v) is 7.97. The Morgan fingerprint density at radius 2 is 1.00 bits per heavy atom. The van der Waals surface area contributed by atoms with Gasteiger partial charge in [-0.05, 0) is 101 Å². The molecule has 256 valence electrons. The van der Waals surface area contributed by atoms with Crippen molar-refractivity contribution in [3.8, 4) is 28.4 Å². The van der Waals surface area contributed by atoms with E-state index in [0.29, 0.717) is 76.7 Å². The Morgan fingerprint density at radius 1 is 0.531 bits per heavy atom.